The maximum absolute atomic E-state index is 13.8. The average molecular weight is 547 g/mol. The van der Waals surface area contributed by atoms with Crippen LogP contribution in [0.1, 0.15) is 27.8 Å². The van der Waals surface area contributed by atoms with Crippen LogP contribution in [0.15, 0.2) is 91.0 Å². The van der Waals surface area contributed by atoms with E-state index in [0.29, 0.717) is 32.4 Å². The first-order valence-corrected chi connectivity index (χ1v) is 12.8. The van der Waals surface area contributed by atoms with Gasteiger partial charge in [0.05, 0.1) is 12.0 Å². The van der Waals surface area contributed by atoms with E-state index >= 15 is 0 Å². The summed E-state index contributed by atoms with van der Waals surface area (Å²) in [5.74, 6) is -0.546. The van der Waals surface area contributed by atoms with Gasteiger partial charge in [-0.25, -0.2) is 0 Å². The minimum atomic E-state index is -1.44. The van der Waals surface area contributed by atoms with Gasteiger partial charge in [-0.05, 0) is 71.0 Å². The molecule has 6 nitrogen and oxygen atoms in total. The van der Waals surface area contributed by atoms with Crippen molar-refractivity contribution in [1.29, 1.82) is 0 Å². The number of halogens is 2. The van der Waals surface area contributed by atoms with Crippen LogP contribution < -0.4 is 5.32 Å². The quantitative estimate of drug-likeness (QED) is 0.117. The van der Waals surface area contributed by atoms with Crippen LogP contribution in [0.2, 0.25) is 10.0 Å². The van der Waals surface area contributed by atoms with Crippen LogP contribution >= 0.6 is 23.2 Å². The Bertz CT molecular complexity index is 1430. The zero-order valence-corrected chi connectivity index (χ0v) is 22.0. The molecule has 8 heteroatoms. The molecule has 5 rings (SSSR count). The van der Waals surface area contributed by atoms with Crippen molar-refractivity contribution in [3.8, 4) is 0 Å². The highest BCUT2D eigenvalue weighted by Crippen LogP contribution is 2.44. The second-order valence-electron chi connectivity index (χ2n) is 9.26. The van der Waals surface area contributed by atoms with Crippen LogP contribution in [0.5, 0.6) is 0 Å². The van der Waals surface area contributed by atoms with Crippen molar-refractivity contribution in [1.82, 2.24) is 0 Å². The third-order valence-electron chi connectivity index (χ3n) is 7.08. The number of nitrogens with one attached hydrogen (secondary N) is 1. The number of carbonyl (C=O) groups is 1. The van der Waals surface area contributed by atoms with E-state index in [1.54, 1.807) is 60.7 Å². The molecule has 0 saturated carbocycles. The summed E-state index contributed by atoms with van der Waals surface area (Å²) in [5.41, 5.74) is 2.97. The van der Waals surface area contributed by atoms with Crippen LogP contribution in [-0.4, -0.2) is 24.0 Å². The lowest BCUT2D eigenvalue weighted by Crippen LogP contribution is -2.39. The molecule has 0 heterocycles. The zero-order chi connectivity index (χ0) is 26.9. The molecule has 0 fully saturated rings. The van der Waals surface area contributed by atoms with Crippen molar-refractivity contribution in [2.24, 2.45) is 0 Å². The number of rotatable bonds is 7. The number of hydrogen-bond donors (Lipinski definition) is 1. The summed E-state index contributed by atoms with van der Waals surface area (Å²) in [5, 5.41) is 16.4. The smallest absolute Gasteiger partial charge is 0.325 e. The lowest BCUT2D eigenvalue weighted by Gasteiger charge is -2.33. The summed E-state index contributed by atoms with van der Waals surface area (Å²) in [4.78, 5) is 25.4. The summed E-state index contributed by atoms with van der Waals surface area (Å²) in [6.45, 7) is 0. The van der Waals surface area contributed by atoms with Crippen LogP contribution in [0.4, 0.5) is 11.4 Å². The van der Waals surface area contributed by atoms with Gasteiger partial charge >= 0.3 is 5.97 Å². The molecule has 0 amide bonds. The van der Waals surface area contributed by atoms with Gasteiger partial charge in [-0.3, -0.25) is 14.9 Å². The number of nitrogens with zero attached hydrogens (tertiary/aromatic N) is 1. The van der Waals surface area contributed by atoms with Gasteiger partial charge in [-0.15, -0.1) is 0 Å². The first-order valence-electron chi connectivity index (χ1n) is 12.1. The fourth-order valence-corrected chi connectivity index (χ4v) is 5.58. The summed E-state index contributed by atoms with van der Waals surface area (Å²) >= 11 is 12.4. The van der Waals surface area contributed by atoms with E-state index in [1.165, 1.54) is 24.3 Å². The normalized spacial score (nSPS) is 13.1. The summed E-state index contributed by atoms with van der Waals surface area (Å²) in [6, 6.07) is 26.7. The Hall–Kier alpha value is -3.87. The Morgan fingerprint density at radius 3 is 1.84 bits per heavy atom. The van der Waals surface area contributed by atoms with E-state index in [1.807, 2.05) is 12.1 Å². The molecule has 0 aromatic heterocycles. The van der Waals surface area contributed by atoms with Gasteiger partial charge in [0.1, 0.15) is 11.1 Å². The average Bonchev–Trinajstić information content (AvgIpc) is 3.33. The van der Waals surface area contributed by atoms with Crippen LogP contribution in [0.25, 0.3) is 0 Å². The van der Waals surface area contributed by atoms with Gasteiger partial charge in [-0.1, -0.05) is 77.8 Å². The number of fused-ring (bicyclic) bond motifs is 1. The molecule has 1 aliphatic carbocycles. The second kappa shape index (κ2) is 10.5. The molecule has 0 radical (unpaired) electrons. The number of nitro benzene ring substituents is 1. The van der Waals surface area contributed by atoms with Crippen molar-refractivity contribution >= 4 is 40.5 Å². The maximum atomic E-state index is 13.8. The van der Waals surface area contributed by atoms with Crippen LogP contribution in [0, 0.1) is 10.1 Å². The molecule has 0 unspecified atom stereocenters. The highest BCUT2D eigenvalue weighted by molar-refractivity contribution is 6.30. The largest absolute Gasteiger partial charge is 0.468 e. The maximum Gasteiger partial charge on any atom is 0.325 e. The number of benzene rings is 4. The fourth-order valence-electron chi connectivity index (χ4n) is 5.33. The highest BCUT2D eigenvalue weighted by Gasteiger charge is 2.46. The molecule has 4 aromatic carbocycles. The number of methoxy groups -OCH3 is 1. The SMILES string of the molecule is COC(=O)C(c1ccc(Cl)cc1)(c1ccc(Cl)cc1)c1ccc([N+](=O)[O-])c(NC2Cc3ccccc3C2)c1. The molecule has 0 saturated heterocycles. The van der Waals surface area contributed by atoms with Crippen molar-refractivity contribution in [2.75, 3.05) is 12.4 Å². The molecule has 1 aliphatic rings. The Balaban J connectivity index is 1.69. The molecule has 4 aromatic rings. The summed E-state index contributed by atoms with van der Waals surface area (Å²) in [6.07, 6.45) is 1.49. The van der Waals surface area contributed by atoms with Gasteiger partial charge in [-0.2, -0.15) is 0 Å². The first kappa shape index (κ1) is 25.8. The van der Waals surface area contributed by atoms with E-state index in [2.05, 4.69) is 17.4 Å². The third-order valence-corrected chi connectivity index (χ3v) is 7.59. The topological polar surface area (TPSA) is 81.5 Å². The van der Waals surface area contributed by atoms with Crippen molar-refractivity contribution in [3.05, 3.63) is 139 Å². The van der Waals surface area contributed by atoms with E-state index in [9.17, 15) is 14.9 Å². The fraction of sp³-hybridized carbons (Fsp3) is 0.167. The number of esters is 1. The van der Waals surface area contributed by atoms with E-state index in [-0.39, 0.29) is 11.7 Å². The molecule has 192 valence electrons. The van der Waals surface area contributed by atoms with Crippen LogP contribution in [-0.2, 0) is 27.8 Å². The summed E-state index contributed by atoms with van der Waals surface area (Å²) in [7, 11) is 1.32. The van der Waals surface area contributed by atoms with Crippen molar-refractivity contribution < 1.29 is 14.5 Å². The number of ether oxygens (including phenoxy) is 1. The lowest BCUT2D eigenvalue weighted by atomic mass is 9.69. The predicted molar refractivity (Wildman–Crippen MR) is 149 cm³/mol. The molecular weight excluding hydrogens is 523 g/mol. The zero-order valence-electron chi connectivity index (χ0n) is 20.5. The monoisotopic (exact) mass is 546 g/mol. The molecular formula is C30H24Cl2N2O4. The number of carbonyl (C=O) groups excluding carboxylic acids is 1. The Morgan fingerprint density at radius 1 is 0.868 bits per heavy atom. The number of hydrogen-bond acceptors (Lipinski definition) is 5. The number of nitro groups is 1. The van der Waals surface area contributed by atoms with Gasteiger partial charge in [0.15, 0.2) is 0 Å². The highest BCUT2D eigenvalue weighted by atomic mass is 35.5. The molecule has 38 heavy (non-hydrogen) atoms. The van der Waals surface area contributed by atoms with Crippen molar-refractivity contribution in [3.63, 3.8) is 0 Å². The first-order chi connectivity index (χ1) is 18.3. The standard InChI is InChI=1S/C30H24Cl2N2O4/c1-38-29(35)30(21-6-11-24(31)12-7-21,22-8-13-25(32)14-9-22)23-10-15-28(34(36)37)27(18-23)33-26-16-19-4-2-3-5-20(19)17-26/h2-15,18,26,33H,16-17H2,1H3. The second-order valence-corrected chi connectivity index (χ2v) is 10.1. The third kappa shape index (κ3) is 4.62. The predicted octanol–water partition coefficient (Wildman–Crippen LogP) is 6.99. The number of anilines is 1. The molecule has 0 spiro atoms. The van der Waals surface area contributed by atoms with Gasteiger partial charge in [0, 0.05) is 22.2 Å². The lowest BCUT2D eigenvalue weighted by molar-refractivity contribution is -0.384. The van der Waals surface area contributed by atoms with Crippen LogP contribution in [0.3, 0.4) is 0 Å². The molecule has 0 atom stereocenters. The van der Waals surface area contributed by atoms with E-state index in [0.717, 1.165) is 12.8 Å². The minimum absolute atomic E-state index is 0.0278. The van der Waals surface area contributed by atoms with E-state index < -0.39 is 16.3 Å². The molecule has 1 N–H and O–H groups in total. The molecule has 0 aliphatic heterocycles. The Labute approximate surface area is 230 Å². The van der Waals surface area contributed by atoms with Gasteiger partial charge in [0.25, 0.3) is 5.69 Å². The Morgan fingerprint density at radius 2 is 1.37 bits per heavy atom. The Kier molecular flexibility index (Phi) is 7.11. The molecule has 0 bridgehead atoms. The van der Waals surface area contributed by atoms with Crippen molar-refractivity contribution in [2.45, 2.75) is 24.3 Å². The van der Waals surface area contributed by atoms with Gasteiger partial charge in [0.2, 0.25) is 0 Å². The van der Waals surface area contributed by atoms with Gasteiger partial charge < -0.3 is 10.1 Å². The minimum Gasteiger partial charge on any atom is -0.468 e. The van der Waals surface area contributed by atoms with E-state index in [4.69, 9.17) is 27.9 Å². The summed E-state index contributed by atoms with van der Waals surface area (Å²) < 4.78 is 5.37.